The summed E-state index contributed by atoms with van der Waals surface area (Å²) in [6.45, 7) is 0.101. The molecule has 17 heavy (non-hydrogen) atoms. The van der Waals surface area contributed by atoms with Crippen molar-refractivity contribution >= 4 is 11.6 Å². The average molecular weight is 256 g/mol. The van der Waals surface area contributed by atoms with Crippen molar-refractivity contribution in [1.82, 2.24) is 4.98 Å². The minimum Gasteiger partial charge on any atom is -0.487 e. The lowest BCUT2D eigenvalue weighted by molar-refractivity contribution is 0.298. The highest BCUT2D eigenvalue weighted by atomic mass is 35.5. The van der Waals surface area contributed by atoms with E-state index in [1.807, 2.05) is 0 Å². The molecule has 0 aliphatic rings. The molecule has 1 aromatic carbocycles. The van der Waals surface area contributed by atoms with Crippen LogP contribution in [0.15, 0.2) is 36.5 Å². The maximum Gasteiger partial charge on any atom is 0.130 e. The van der Waals surface area contributed by atoms with Crippen LogP contribution in [0, 0.1) is 11.6 Å². The number of rotatable bonds is 3. The molecule has 0 bridgehead atoms. The van der Waals surface area contributed by atoms with E-state index in [0.717, 1.165) is 18.2 Å². The van der Waals surface area contributed by atoms with Crippen molar-refractivity contribution in [3.05, 3.63) is 58.9 Å². The number of pyridine rings is 1. The van der Waals surface area contributed by atoms with E-state index >= 15 is 0 Å². The molecule has 2 rings (SSSR count). The number of ether oxygens (including phenoxy) is 1. The molecule has 5 heteroatoms. The van der Waals surface area contributed by atoms with Gasteiger partial charge in [-0.3, -0.25) is 4.98 Å². The Labute approximate surface area is 102 Å². The second kappa shape index (κ2) is 5.10. The summed E-state index contributed by atoms with van der Waals surface area (Å²) in [6.07, 6.45) is 1.53. The summed E-state index contributed by atoms with van der Waals surface area (Å²) in [7, 11) is 0. The normalized spacial score (nSPS) is 10.3. The van der Waals surface area contributed by atoms with E-state index in [2.05, 4.69) is 4.98 Å². The van der Waals surface area contributed by atoms with Gasteiger partial charge in [-0.15, -0.1) is 0 Å². The Hall–Kier alpha value is -1.68. The second-order valence-corrected chi connectivity index (χ2v) is 3.80. The van der Waals surface area contributed by atoms with Crippen LogP contribution in [-0.2, 0) is 6.61 Å². The second-order valence-electron chi connectivity index (χ2n) is 3.36. The predicted octanol–water partition coefficient (Wildman–Crippen LogP) is 3.59. The fraction of sp³-hybridized carbons (Fsp3) is 0.0833. The Morgan fingerprint density at radius 1 is 1.12 bits per heavy atom. The van der Waals surface area contributed by atoms with Crippen molar-refractivity contribution in [3.63, 3.8) is 0 Å². The first-order chi connectivity index (χ1) is 8.13. The maximum atomic E-state index is 12.9. The van der Waals surface area contributed by atoms with E-state index in [1.54, 1.807) is 12.1 Å². The van der Waals surface area contributed by atoms with Crippen molar-refractivity contribution in [2.75, 3.05) is 0 Å². The van der Waals surface area contributed by atoms with Crippen LogP contribution in [0.1, 0.15) is 5.69 Å². The molecule has 0 amide bonds. The van der Waals surface area contributed by atoms with Crippen molar-refractivity contribution in [1.29, 1.82) is 0 Å². The Kier molecular flexibility index (Phi) is 3.54. The fourth-order valence-corrected chi connectivity index (χ4v) is 1.48. The summed E-state index contributed by atoms with van der Waals surface area (Å²) in [4.78, 5) is 4.00. The largest absolute Gasteiger partial charge is 0.487 e. The third kappa shape index (κ3) is 3.39. The molecule has 0 atom stereocenters. The minimum absolute atomic E-state index is 0.101. The van der Waals surface area contributed by atoms with Crippen LogP contribution in [0.25, 0.3) is 0 Å². The molecular weight excluding hydrogens is 248 g/mol. The summed E-state index contributed by atoms with van der Waals surface area (Å²) in [5.74, 6) is -1.25. The van der Waals surface area contributed by atoms with Crippen LogP contribution < -0.4 is 4.74 Å². The van der Waals surface area contributed by atoms with Gasteiger partial charge < -0.3 is 4.74 Å². The SMILES string of the molecule is Fc1cc(F)cc(OCc2cc(Cl)ccn2)c1. The summed E-state index contributed by atoms with van der Waals surface area (Å²) in [5, 5.41) is 0.532. The molecule has 1 heterocycles. The van der Waals surface area contributed by atoms with Crippen LogP contribution in [0.3, 0.4) is 0 Å². The van der Waals surface area contributed by atoms with Crippen LogP contribution in [0.4, 0.5) is 8.78 Å². The van der Waals surface area contributed by atoms with Gasteiger partial charge in [0.25, 0.3) is 0 Å². The smallest absolute Gasteiger partial charge is 0.130 e. The van der Waals surface area contributed by atoms with Gasteiger partial charge in [-0.2, -0.15) is 0 Å². The molecular formula is C12H8ClF2NO. The van der Waals surface area contributed by atoms with Crippen LogP contribution in [-0.4, -0.2) is 4.98 Å². The zero-order valence-corrected chi connectivity index (χ0v) is 9.42. The zero-order chi connectivity index (χ0) is 12.3. The van der Waals surface area contributed by atoms with E-state index in [0.29, 0.717) is 10.7 Å². The van der Waals surface area contributed by atoms with Crippen molar-refractivity contribution < 1.29 is 13.5 Å². The van der Waals surface area contributed by atoms with Gasteiger partial charge in [0.05, 0.1) is 5.69 Å². The van der Waals surface area contributed by atoms with Gasteiger partial charge in [0.15, 0.2) is 0 Å². The summed E-state index contributed by atoms with van der Waals surface area (Å²) >= 11 is 5.76. The zero-order valence-electron chi connectivity index (χ0n) is 8.66. The summed E-state index contributed by atoms with van der Waals surface area (Å²) in [5.41, 5.74) is 0.585. The summed E-state index contributed by atoms with van der Waals surface area (Å²) in [6, 6.07) is 6.25. The third-order valence-electron chi connectivity index (χ3n) is 2.00. The number of nitrogens with zero attached hydrogens (tertiary/aromatic N) is 1. The van der Waals surface area contributed by atoms with Crippen LogP contribution in [0.5, 0.6) is 5.75 Å². The van der Waals surface area contributed by atoms with Gasteiger partial charge in [0.2, 0.25) is 0 Å². The van der Waals surface area contributed by atoms with Crippen molar-refractivity contribution in [3.8, 4) is 5.75 Å². The van der Waals surface area contributed by atoms with Crippen LogP contribution >= 0.6 is 11.6 Å². The average Bonchev–Trinajstić information content (AvgIpc) is 2.25. The number of aromatic nitrogens is 1. The van der Waals surface area contributed by atoms with Gasteiger partial charge in [0.1, 0.15) is 24.0 Å². The standard InChI is InChI=1S/C12H8ClF2NO/c13-8-1-2-16-11(3-8)7-17-12-5-9(14)4-10(15)6-12/h1-6H,7H2. The van der Waals surface area contributed by atoms with Gasteiger partial charge in [0, 0.05) is 29.4 Å². The van der Waals surface area contributed by atoms with Gasteiger partial charge in [-0.1, -0.05) is 11.6 Å². The molecule has 2 nitrogen and oxygen atoms in total. The quantitative estimate of drug-likeness (QED) is 0.836. The first kappa shape index (κ1) is 11.8. The molecule has 0 radical (unpaired) electrons. The molecule has 0 fully saturated rings. The van der Waals surface area contributed by atoms with Gasteiger partial charge in [-0.05, 0) is 12.1 Å². The predicted molar refractivity (Wildman–Crippen MR) is 59.9 cm³/mol. The van der Waals surface area contributed by atoms with Gasteiger partial charge >= 0.3 is 0 Å². The van der Waals surface area contributed by atoms with E-state index in [9.17, 15) is 8.78 Å². The maximum absolute atomic E-state index is 12.9. The van der Waals surface area contributed by atoms with Crippen LogP contribution in [0.2, 0.25) is 5.02 Å². The van der Waals surface area contributed by atoms with E-state index in [1.165, 1.54) is 6.20 Å². The fourth-order valence-electron chi connectivity index (χ4n) is 1.30. The highest BCUT2D eigenvalue weighted by molar-refractivity contribution is 6.30. The molecule has 0 aliphatic heterocycles. The van der Waals surface area contributed by atoms with Crippen molar-refractivity contribution in [2.45, 2.75) is 6.61 Å². The molecule has 88 valence electrons. The Balaban J connectivity index is 2.07. The molecule has 0 saturated heterocycles. The monoisotopic (exact) mass is 255 g/mol. The topological polar surface area (TPSA) is 22.1 Å². The Morgan fingerprint density at radius 3 is 2.47 bits per heavy atom. The Bertz CT molecular complexity index is 513. The lowest BCUT2D eigenvalue weighted by Gasteiger charge is -2.06. The van der Waals surface area contributed by atoms with Crippen molar-refractivity contribution in [2.24, 2.45) is 0 Å². The molecule has 0 N–H and O–H groups in total. The first-order valence-electron chi connectivity index (χ1n) is 4.83. The number of benzene rings is 1. The minimum atomic E-state index is -0.681. The highest BCUT2D eigenvalue weighted by Crippen LogP contribution is 2.17. The van der Waals surface area contributed by atoms with E-state index in [4.69, 9.17) is 16.3 Å². The number of hydrogen-bond donors (Lipinski definition) is 0. The first-order valence-corrected chi connectivity index (χ1v) is 5.20. The molecule has 1 aromatic heterocycles. The van der Waals surface area contributed by atoms with E-state index < -0.39 is 11.6 Å². The van der Waals surface area contributed by atoms with E-state index in [-0.39, 0.29) is 12.4 Å². The third-order valence-corrected chi connectivity index (χ3v) is 2.24. The Morgan fingerprint density at radius 2 is 1.82 bits per heavy atom. The number of halogens is 3. The molecule has 2 aromatic rings. The lowest BCUT2D eigenvalue weighted by atomic mass is 10.3. The highest BCUT2D eigenvalue weighted by Gasteiger charge is 2.02. The molecule has 0 aliphatic carbocycles. The number of hydrogen-bond acceptors (Lipinski definition) is 2. The van der Waals surface area contributed by atoms with Gasteiger partial charge in [-0.25, -0.2) is 8.78 Å². The summed E-state index contributed by atoms with van der Waals surface area (Å²) < 4.78 is 30.9. The lowest BCUT2D eigenvalue weighted by Crippen LogP contribution is -1.98. The molecule has 0 unspecified atom stereocenters. The molecule has 0 spiro atoms. The molecule has 0 saturated carbocycles.